The quantitative estimate of drug-likeness (QED) is 0.720. The molecule has 2 N–H and O–H groups in total. The zero-order valence-corrected chi connectivity index (χ0v) is 12.4. The normalized spacial score (nSPS) is 36.7. The third-order valence-electron chi connectivity index (χ3n) is 3.37. The third kappa shape index (κ3) is 3.39. The molecule has 0 amide bonds. The van der Waals surface area contributed by atoms with Crippen LogP contribution in [0.1, 0.15) is 27.7 Å². The molecule has 0 aromatic heterocycles. The van der Waals surface area contributed by atoms with Crippen molar-refractivity contribution < 1.29 is 29.2 Å². The van der Waals surface area contributed by atoms with Gasteiger partial charge in [-0.2, -0.15) is 0 Å². The molecule has 0 aromatic carbocycles. The van der Waals surface area contributed by atoms with Crippen molar-refractivity contribution in [3.05, 3.63) is 11.6 Å². The van der Waals surface area contributed by atoms with Gasteiger partial charge >= 0.3 is 0 Å². The van der Waals surface area contributed by atoms with Gasteiger partial charge in [0.2, 0.25) is 0 Å². The molecule has 0 spiro atoms. The van der Waals surface area contributed by atoms with Crippen LogP contribution in [-0.2, 0) is 18.9 Å². The van der Waals surface area contributed by atoms with Crippen molar-refractivity contribution in [1.29, 1.82) is 0 Å². The van der Waals surface area contributed by atoms with E-state index in [0.29, 0.717) is 6.61 Å². The number of hydrogen-bond acceptors (Lipinski definition) is 6. The molecular formula is C14H24O6. The molecule has 5 atom stereocenters. The lowest BCUT2D eigenvalue weighted by Gasteiger charge is -2.27. The van der Waals surface area contributed by atoms with Gasteiger partial charge in [0.25, 0.3) is 0 Å². The maximum atomic E-state index is 9.84. The van der Waals surface area contributed by atoms with Crippen LogP contribution in [0.15, 0.2) is 11.6 Å². The summed E-state index contributed by atoms with van der Waals surface area (Å²) in [7, 11) is 0. The Labute approximate surface area is 119 Å². The zero-order valence-electron chi connectivity index (χ0n) is 12.4. The summed E-state index contributed by atoms with van der Waals surface area (Å²) in [5.41, 5.74) is 1.14. The van der Waals surface area contributed by atoms with E-state index in [1.807, 2.05) is 19.9 Å². The van der Waals surface area contributed by atoms with Crippen molar-refractivity contribution in [1.82, 2.24) is 0 Å². The second-order valence-corrected chi connectivity index (χ2v) is 5.90. The highest BCUT2D eigenvalue weighted by atomic mass is 16.8. The van der Waals surface area contributed by atoms with Crippen LogP contribution in [0.3, 0.4) is 0 Å². The first-order valence-corrected chi connectivity index (χ1v) is 6.89. The molecule has 2 rings (SSSR count). The summed E-state index contributed by atoms with van der Waals surface area (Å²) >= 11 is 0. The Kier molecular flexibility index (Phi) is 4.84. The molecule has 0 aromatic rings. The molecule has 116 valence electrons. The maximum absolute atomic E-state index is 9.84. The number of hydrogen-bond donors (Lipinski definition) is 2. The molecule has 0 aliphatic carbocycles. The van der Waals surface area contributed by atoms with Crippen molar-refractivity contribution in [2.75, 3.05) is 13.2 Å². The molecule has 20 heavy (non-hydrogen) atoms. The van der Waals surface area contributed by atoms with E-state index in [2.05, 4.69) is 0 Å². The number of fused-ring (bicyclic) bond motifs is 1. The van der Waals surface area contributed by atoms with Gasteiger partial charge in [0.1, 0.15) is 24.4 Å². The fraction of sp³-hybridized carbons (Fsp3) is 0.857. The highest BCUT2D eigenvalue weighted by Crippen LogP contribution is 2.39. The minimum absolute atomic E-state index is 0.393. The average Bonchev–Trinajstić information content (AvgIpc) is 2.81. The number of allylic oxidation sites excluding steroid dienone is 1. The summed E-state index contributed by atoms with van der Waals surface area (Å²) < 4.78 is 22.8. The minimum atomic E-state index is -1.02. The highest BCUT2D eigenvalue weighted by molar-refractivity contribution is 4.98. The molecule has 6 nitrogen and oxygen atoms in total. The van der Waals surface area contributed by atoms with Gasteiger partial charge in [-0.1, -0.05) is 11.6 Å². The first-order chi connectivity index (χ1) is 9.34. The summed E-state index contributed by atoms with van der Waals surface area (Å²) in [4.78, 5) is 0. The number of aliphatic hydroxyl groups excluding tert-OH is 2. The molecule has 0 bridgehead atoms. The van der Waals surface area contributed by atoms with E-state index in [-0.39, 0.29) is 0 Å². The lowest BCUT2D eigenvalue weighted by molar-refractivity contribution is -0.230. The van der Waals surface area contributed by atoms with Crippen molar-refractivity contribution in [3.63, 3.8) is 0 Å². The van der Waals surface area contributed by atoms with Gasteiger partial charge in [0, 0.05) is 0 Å². The zero-order chi connectivity index (χ0) is 14.9. The first kappa shape index (κ1) is 15.9. The van der Waals surface area contributed by atoms with Gasteiger partial charge in [-0.25, -0.2) is 0 Å². The second-order valence-electron chi connectivity index (χ2n) is 5.90. The Bertz CT molecular complexity index is 363. The molecule has 0 radical (unpaired) electrons. The van der Waals surface area contributed by atoms with Crippen molar-refractivity contribution in [2.24, 2.45) is 0 Å². The Morgan fingerprint density at radius 2 is 2.05 bits per heavy atom. The Morgan fingerprint density at radius 1 is 1.35 bits per heavy atom. The van der Waals surface area contributed by atoms with Gasteiger partial charge < -0.3 is 29.2 Å². The minimum Gasteiger partial charge on any atom is -0.394 e. The van der Waals surface area contributed by atoms with Crippen molar-refractivity contribution in [3.8, 4) is 0 Å². The smallest absolute Gasteiger partial charge is 0.190 e. The first-order valence-electron chi connectivity index (χ1n) is 6.89. The standard InChI is InChI=1S/C14H24O6/c1-8(2)5-6-17-11-10(9(16)7-15)18-13-12(11)19-14(3,4)20-13/h5,9-13,15-16H,6-7H2,1-4H3/t9-,10-,11+,12-,13-/m1/s1. The summed E-state index contributed by atoms with van der Waals surface area (Å²) in [6, 6.07) is 0. The molecule has 0 saturated carbocycles. The molecule has 2 saturated heterocycles. The summed E-state index contributed by atoms with van der Waals surface area (Å²) in [5, 5.41) is 19.0. The van der Waals surface area contributed by atoms with E-state index in [0.717, 1.165) is 5.57 Å². The van der Waals surface area contributed by atoms with Crippen LogP contribution in [0.5, 0.6) is 0 Å². The summed E-state index contributed by atoms with van der Waals surface area (Å²) in [6.07, 6.45) is -1.19. The van der Waals surface area contributed by atoms with Crippen molar-refractivity contribution >= 4 is 0 Å². The monoisotopic (exact) mass is 288 g/mol. The average molecular weight is 288 g/mol. The van der Waals surface area contributed by atoms with Crippen LogP contribution in [0.25, 0.3) is 0 Å². The predicted molar refractivity (Wildman–Crippen MR) is 71.0 cm³/mol. The lowest BCUT2D eigenvalue weighted by Crippen LogP contribution is -2.44. The lowest BCUT2D eigenvalue weighted by atomic mass is 10.1. The van der Waals surface area contributed by atoms with Crippen LogP contribution >= 0.6 is 0 Å². The topological polar surface area (TPSA) is 77.4 Å². The highest BCUT2D eigenvalue weighted by Gasteiger charge is 2.56. The van der Waals surface area contributed by atoms with Gasteiger partial charge in [-0.15, -0.1) is 0 Å². The Balaban J connectivity index is 2.06. The van der Waals surface area contributed by atoms with Crippen LogP contribution < -0.4 is 0 Å². The fourth-order valence-electron chi connectivity index (χ4n) is 2.43. The number of aliphatic hydroxyl groups is 2. The van der Waals surface area contributed by atoms with Gasteiger partial charge in [-0.05, 0) is 27.7 Å². The van der Waals surface area contributed by atoms with E-state index < -0.39 is 43.1 Å². The molecule has 2 aliphatic rings. The fourth-order valence-corrected chi connectivity index (χ4v) is 2.43. The van der Waals surface area contributed by atoms with Crippen molar-refractivity contribution in [2.45, 2.75) is 64.2 Å². The van der Waals surface area contributed by atoms with Gasteiger partial charge in [0.15, 0.2) is 12.1 Å². The molecule has 0 unspecified atom stereocenters. The molecule has 2 heterocycles. The summed E-state index contributed by atoms with van der Waals surface area (Å²) in [5.74, 6) is -0.734. The second kappa shape index (κ2) is 6.09. The maximum Gasteiger partial charge on any atom is 0.190 e. The number of ether oxygens (including phenoxy) is 4. The van der Waals surface area contributed by atoms with E-state index in [1.54, 1.807) is 13.8 Å². The van der Waals surface area contributed by atoms with Gasteiger partial charge in [-0.3, -0.25) is 0 Å². The van der Waals surface area contributed by atoms with Crippen LogP contribution in [0.2, 0.25) is 0 Å². The van der Waals surface area contributed by atoms with Gasteiger partial charge in [0.05, 0.1) is 13.2 Å². The largest absolute Gasteiger partial charge is 0.394 e. The Morgan fingerprint density at radius 3 is 2.65 bits per heavy atom. The van der Waals surface area contributed by atoms with Crippen LogP contribution in [0.4, 0.5) is 0 Å². The SMILES string of the molecule is CC(C)=CCO[C@@H]1[C@H]2OC(C)(C)O[C@H]2O[C@@H]1[C@H](O)CO. The molecule has 2 aliphatic heterocycles. The van der Waals surface area contributed by atoms with Crippen LogP contribution in [0, 0.1) is 0 Å². The molecular weight excluding hydrogens is 264 g/mol. The predicted octanol–water partition coefficient (Wildman–Crippen LogP) is 0.567. The molecule has 6 heteroatoms. The Hall–Kier alpha value is -0.500. The molecule has 2 fully saturated rings. The third-order valence-corrected chi connectivity index (χ3v) is 3.37. The summed E-state index contributed by atoms with van der Waals surface area (Å²) in [6.45, 7) is 7.58. The van der Waals surface area contributed by atoms with Crippen LogP contribution in [-0.4, -0.2) is 59.9 Å². The van der Waals surface area contributed by atoms with E-state index in [9.17, 15) is 5.11 Å². The van der Waals surface area contributed by atoms with E-state index in [4.69, 9.17) is 24.1 Å². The van der Waals surface area contributed by atoms with E-state index >= 15 is 0 Å². The number of rotatable bonds is 5. The van der Waals surface area contributed by atoms with E-state index in [1.165, 1.54) is 0 Å².